The fraction of sp³-hybridized carbons (Fsp3) is 0.200. The number of carbonyl (C=O) groups excluding carboxylic acids is 1. The number of benzene rings is 2. The summed E-state index contributed by atoms with van der Waals surface area (Å²) in [4.78, 5) is 21.4. The molecule has 0 spiro atoms. The van der Waals surface area contributed by atoms with Crippen LogP contribution >= 0.6 is 11.3 Å². The molecule has 0 saturated carbocycles. The van der Waals surface area contributed by atoms with E-state index in [2.05, 4.69) is 27.3 Å². The number of carbonyl (C=O) groups is 1. The normalized spacial score (nSPS) is 10.4. The number of thiazole rings is 1. The molecule has 0 atom stereocenters. The number of nitro groups is 1. The second-order valence-corrected chi connectivity index (χ2v) is 7.26. The van der Waals surface area contributed by atoms with E-state index in [-0.39, 0.29) is 5.00 Å². The highest BCUT2D eigenvalue weighted by Crippen LogP contribution is 2.27. The molecule has 0 N–H and O–H groups in total. The molecule has 9 nitrogen and oxygen atoms in total. The minimum Gasteiger partial charge on any atom is -0.550 e. The Labute approximate surface area is 177 Å². The molecule has 30 heavy (non-hydrogen) atoms. The molecule has 0 amide bonds. The Morgan fingerprint density at radius 1 is 1.13 bits per heavy atom. The van der Waals surface area contributed by atoms with Crippen molar-refractivity contribution in [3.8, 4) is 0 Å². The third-order valence-corrected chi connectivity index (χ3v) is 4.80. The van der Waals surface area contributed by atoms with Gasteiger partial charge in [0.1, 0.15) is 5.69 Å². The quantitative estimate of drug-likeness (QED) is 0.259. The molecule has 0 aliphatic rings. The molecule has 0 radical (unpaired) electrons. The molecule has 156 valence electrons. The number of hydrogen-bond donors (Lipinski definition) is 0. The number of anilines is 1. The molecule has 1 heterocycles. The predicted molar refractivity (Wildman–Crippen MR) is 112 cm³/mol. The Morgan fingerprint density at radius 3 is 2.27 bits per heavy atom. The molecule has 0 aliphatic heterocycles. The summed E-state index contributed by atoms with van der Waals surface area (Å²) in [6.45, 7) is 1.79. The molecule has 2 aromatic carbocycles. The highest BCUT2D eigenvalue weighted by atomic mass is 32.1. The zero-order chi connectivity index (χ0) is 22.1. The monoisotopic (exact) mass is 427 g/mol. The second kappa shape index (κ2) is 10.8. The molecular weight excluding hydrogens is 406 g/mol. The fourth-order valence-electron chi connectivity index (χ4n) is 2.41. The smallest absolute Gasteiger partial charge is 0.414 e. The van der Waals surface area contributed by atoms with Crippen molar-refractivity contribution in [1.29, 1.82) is 0 Å². The van der Waals surface area contributed by atoms with Crippen molar-refractivity contribution in [1.82, 2.24) is 0 Å². The zero-order valence-electron chi connectivity index (χ0n) is 16.8. The second-order valence-electron chi connectivity index (χ2n) is 6.27. The molecule has 0 fully saturated rings. The number of hydrogen-bond acceptors (Lipinski definition) is 8. The number of aromatic nitrogens is 1. The molecule has 3 aromatic rings. The van der Waals surface area contributed by atoms with E-state index in [1.165, 1.54) is 11.8 Å². The average Bonchev–Trinajstić information content (AvgIpc) is 3.08. The minimum absolute atomic E-state index is 0.0411. The van der Waals surface area contributed by atoms with Gasteiger partial charge in [0.2, 0.25) is 0 Å². The summed E-state index contributed by atoms with van der Waals surface area (Å²) in [5, 5.41) is 28.5. The Kier molecular flexibility index (Phi) is 8.12. The van der Waals surface area contributed by atoms with E-state index in [1.54, 1.807) is 11.6 Å². The predicted octanol–water partition coefficient (Wildman–Crippen LogP) is 3.29. The number of aryl methyl sites for hydroxylation is 1. The average molecular weight is 427 g/mol. The van der Waals surface area contributed by atoms with Gasteiger partial charge in [-0.25, -0.2) is 4.57 Å². The number of azo groups is 1. The van der Waals surface area contributed by atoms with E-state index < -0.39 is 10.9 Å². The highest BCUT2D eigenvalue weighted by molar-refractivity contribution is 7.17. The van der Waals surface area contributed by atoms with Crippen LogP contribution in [0.4, 0.5) is 21.5 Å². The van der Waals surface area contributed by atoms with Crippen LogP contribution in [0.15, 0.2) is 71.0 Å². The van der Waals surface area contributed by atoms with Crippen molar-refractivity contribution in [3.05, 3.63) is 76.5 Å². The number of aliphatic carboxylic acids is 1. The van der Waals surface area contributed by atoms with Crippen LogP contribution in [-0.2, 0) is 18.4 Å². The molecule has 0 unspecified atom stereocenters. The summed E-state index contributed by atoms with van der Waals surface area (Å²) < 4.78 is 1.59. The van der Waals surface area contributed by atoms with Crippen molar-refractivity contribution in [2.45, 2.75) is 13.5 Å². The van der Waals surface area contributed by atoms with Crippen LogP contribution < -0.4 is 14.6 Å². The van der Waals surface area contributed by atoms with E-state index in [0.29, 0.717) is 10.8 Å². The third-order valence-electron chi connectivity index (χ3n) is 3.79. The van der Waals surface area contributed by atoms with Crippen molar-refractivity contribution in [2.75, 3.05) is 11.9 Å². The van der Waals surface area contributed by atoms with Gasteiger partial charge in [0.15, 0.2) is 6.20 Å². The van der Waals surface area contributed by atoms with Gasteiger partial charge < -0.3 is 14.8 Å². The summed E-state index contributed by atoms with van der Waals surface area (Å²) in [7, 11) is 3.74. The molecule has 10 heteroatoms. The van der Waals surface area contributed by atoms with E-state index in [4.69, 9.17) is 9.90 Å². The van der Waals surface area contributed by atoms with Gasteiger partial charge in [-0.15, -0.1) is 0 Å². The van der Waals surface area contributed by atoms with Crippen LogP contribution in [0.3, 0.4) is 0 Å². The number of carboxylic acids is 1. The van der Waals surface area contributed by atoms with Gasteiger partial charge in [-0.1, -0.05) is 30.3 Å². The van der Waals surface area contributed by atoms with Crippen molar-refractivity contribution in [2.24, 2.45) is 17.3 Å². The third kappa shape index (κ3) is 7.06. The zero-order valence-corrected chi connectivity index (χ0v) is 17.6. The number of carboxylic acid groups (broad SMARTS) is 1. The maximum Gasteiger partial charge on any atom is 0.414 e. The topological polar surface area (TPSA) is 115 Å². The first-order valence-corrected chi connectivity index (χ1v) is 9.66. The first-order valence-electron chi connectivity index (χ1n) is 8.84. The van der Waals surface area contributed by atoms with E-state index in [1.807, 2.05) is 49.5 Å². The van der Waals surface area contributed by atoms with Gasteiger partial charge in [0, 0.05) is 36.6 Å². The molecule has 0 aliphatic carbocycles. The van der Waals surface area contributed by atoms with Crippen molar-refractivity contribution < 1.29 is 19.4 Å². The van der Waals surface area contributed by atoms with E-state index in [9.17, 15) is 10.1 Å². The molecule has 0 saturated heterocycles. The van der Waals surface area contributed by atoms with Crippen LogP contribution in [0.1, 0.15) is 12.5 Å². The minimum atomic E-state index is -1.08. The van der Waals surface area contributed by atoms with Crippen LogP contribution in [0, 0.1) is 10.1 Å². The maximum absolute atomic E-state index is 10.8. The van der Waals surface area contributed by atoms with Gasteiger partial charge in [-0.05, 0) is 41.9 Å². The largest absolute Gasteiger partial charge is 0.550 e. The SMILES string of the molecule is CC(=O)[O-].CN(Cc1ccccc1)c1ccc(N=Nc2sc([N+](=O)[O-])c[n+]2C)cc1. The van der Waals surface area contributed by atoms with E-state index >= 15 is 0 Å². The summed E-state index contributed by atoms with van der Waals surface area (Å²) in [6, 6.07) is 18.0. The van der Waals surface area contributed by atoms with Gasteiger partial charge >= 0.3 is 10.1 Å². The lowest BCUT2D eigenvalue weighted by molar-refractivity contribution is -0.656. The number of rotatable bonds is 6. The highest BCUT2D eigenvalue weighted by Gasteiger charge is 2.21. The standard InChI is InChI=1S/C18H18N5O2S.C2H4O2/c1-21(12-14-6-4-3-5-7-14)16-10-8-15(9-11-16)19-20-18-22(2)13-17(26-18)23(24)25;1-2(3)4/h3-11,13H,12H2,1-2H3;1H3,(H,3,4)/q+1;/p-1. The Morgan fingerprint density at radius 2 is 1.73 bits per heavy atom. The summed E-state index contributed by atoms with van der Waals surface area (Å²) in [5.74, 6) is -1.08. The lowest BCUT2D eigenvalue weighted by Gasteiger charge is -2.19. The van der Waals surface area contributed by atoms with Crippen LogP contribution in [0.25, 0.3) is 0 Å². The molecular formula is C20H21N5O4S. The van der Waals surface area contributed by atoms with Crippen molar-refractivity contribution >= 4 is 38.8 Å². The molecule has 0 bridgehead atoms. The fourth-order valence-corrected chi connectivity index (χ4v) is 3.16. The van der Waals surface area contributed by atoms with Gasteiger partial charge in [0.05, 0.1) is 17.1 Å². The summed E-state index contributed by atoms with van der Waals surface area (Å²) >= 11 is 0.991. The Hall–Kier alpha value is -3.66. The van der Waals surface area contributed by atoms with E-state index in [0.717, 1.165) is 30.5 Å². The summed E-state index contributed by atoms with van der Waals surface area (Å²) in [6.07, 6.45) is 1.43. The molecule has 1 aromatic heterocycles. The lowest BCUT2D eigenvalue weighted by Crippen LogP contribution is -2.23. The Balaban J connectivity index is 0.000000735. The Bertz CT molecular complexity index is 1020. The number of nitrogens with zero attached hydrogens (tertiary/aromatic N) is 5. The van der Waals surface area contributed by atoms with Crippen LogP contribution in [-0.4, -0.2) is 17.9 Å². The van der Waals surface area contributed by atoms with Gasteiger partial charge in [-0.2, -0.15) is 0 Å². The lowest BCUT2D eigenvalue weighted by atomic mass is 10.2. The van der Waals surface area contributed by atoms with Crippen molar-refractivity contribution in [3.63, 3.8) is 0 Å². The first kappa shape index (κ1) is 22.6. The van der Waals surface area contributed by atoms with Crippen LogP contribution in [0.2, 0.25) is 0 Å². The maximum atomic E-state index is 10.8. The van der Waals surface area contributed by atoms with Gasteiger partial charge in [0.25, 0.3) is 0 Å². The van der Waals surface area contributed by atoms with Crippen LogP contribution in [0.5, 0.6) is 0 Å². The first-order chi connectivity index (χ1) is 14.3. The van der Waals surface area contributed by atoms with Gasteiger partial charge in [-0.3, -0.25) is 10.1 Å². The molecule has 3 rings (SSSR count). The summed E-state index contributed by atoms with van der Waals surface area (Å²) in [5.41, 5.74) is 3.01.